The lowest BCUT2D eigenvalue weighted by Gasteiger charge is -2.34. The first-order valence-electron chi connectivity index (χ1n) is 11.6. The number of carbonyl (C=O) groups is 1. The van der Waals surface area contributed by atoms with Crippen LogP contribution in [0.4, 0.5) is 0 Å². The third-order valence-electron chi connectivity index (χ3n) is 5.92. The summed E-state index contributed by atoms with van der Waals surface area (Å²) in [5.41, 5.74) is 2.64. The van der Waals surface area contributed by atoms with Crippen LogP contribution in [0.1, 0.15) is 55.6 Å². The summed E-state index contributed by atoms with van der Waals surface area (Å²) in [6.07, 6.45) is 3.82. The second kappa shape index (κ2) is 9.98. The van der Waals surface area contributed by atoms with Gasteiger partial charge in [0.25, 0.3) is 5.91 Å². The molecule has 3 heterocycles. The molecule has 0 atom stereocenters. The van der Waals surface area contributed by atoms with Gasteiger partial charge in [-0.1, -0.05) is 49.7 Å². The van der Waals surface area contributed by atoms with Crippen molar-refractivity contribution in [1.29, 1.82) is 0 Å². The van der Waals surface area contributed by atoms with Crippen LogP contribution in [0.5, 0.6) is 5.75 Å². The van der Waals surface area contributed by atoms with Crippen LogP contribution in [-0.2, 0) is 13.0 Å². The Morgan fingerprint density at radius 3 is 2.58 bits per heavy atom. The monoisotopic (exact) mass is 446 g/mol. The summed E-state index contributed by atoms with van der Waals surface area (Å²) in [6.45, 7) is 7.50. The molecular weight excluding hydrogens is 416 g/mol. The number of amides is 1. The van der Waals surface area contributed by atoms with Gasteiger partial charge < -0.3 is 14.2 Å². The smallest absolute Gasteiger partial charge is 0.316 e. The fraction of sp³-hybridized carbons (Fsp3) is 0.385. The number of pyridine rings is 1. The van der Waals surface area contributed by atoms with Crippen LogP contribution < -0.4 is 10.3 Å². The van der Waals surface area contributed by atoms with E-state index in [4.69, 9.17) is 4.74 Å². The van der Waals surface area contributed by atoms with Gasteiger partial charge in [-0.25, -0.2) is 0 Å². The molecule has 0 saturated heterocycles. The average Bonchev–Trinajstić information content (AvgIpc) is 2.82. The summed E-state index contributed by atoms with van der Waals surface area (Å²) in [4.78, 5) is 37.2. The minimum Gasteiger partial charge on any atom is -0.486 e. The Kier molecular flexibility index (Phi) is 6.87. The number of hydrogen-bond acceptors (Lipinski definition) is 5. The molecule has 7 heteroatoms. The fourth-order valence-electron chi connectivity index (χ4n) is 4.17. The Bertz CT molecular complexity index is 1190. The molecule has 0 radical (unpaired) electrons. The number of nitrogens with zero attached hydrogens (tertiary/aromatic N) is 4. The molecule has 172 valence electrons. The summed E-state index contributed by atoms with van der Waals surface area (Å²) >= 11 is 0. The number of carbonyl (C=O) groups excluding carboxylic acids is 1. The van der Waals surface area contributed by atoms with Crippen LogP contribution in [0, 0.1) is 0 Å². The highest BCUT2D eigenvalue weighted by Gasteiger charge is 2.33. The van der Waals surface area contributed by atoms with E-state index in [1.165, 1.54) is 0 Å². The Hall–Kier alpha value is -3.48. The molecular formula is C26H30N4O3. The van der Waals surface area contributed by atoms with E-state index >= 15 is 0 Å². The number of benzene rings is 1. The standard InChI is InChI=1S/C26H30N4O3/c1-4-5-16-33-24-23-26(32)29(18(2)3)14-15-30(23)22(28-25(24)31)17-21-20(12-9-13-27-21)19-10-7-6-8-11-19/h6-13,18H,4-5,14-17H2,1-3H3. The third-order valence-corrected chi connectivity index (χ3v) is 5.92. The maximum Gasteiger partial charge on any atom is 0.316 e. The van der Waals surface area contributed by atoms with Gasteiger partial charge in [0.1, 0.15) is 5.82 Å². The highest BCUT2D eigenvalue weighted by atomic mass is 16.5. The van der Waals surface area contributed by atoms with Gasteiger partial charge in [-0.2, -0.15) is 4.98 Å². The zero-order valence-corrected chi connectivity index (χ0v) is 19.5. The SMILES string of the molecule is CCCCOc1c2n(c(Cc3ncccc3-c3ccccc3)nc1=O)CCN(C(C)C)C2=O. The lowest BCUT2D eigenvalue weighted by molar-refractivity contribution is 0.0635. The lowest BCUT2D eigenvalue weighted by Crippen LogP contribution is -2.46. The minimum absolute atomic E-state index is 0.0296. The number of rotatable bonds is 8. The molecule has 0 saturated carbocycles. The molecule has 4 rings (SSSR count). The molecule has 0 unspecified atom stereocenters. The average molecular weight is 447 g/mol. The number of hydrogen-bond donors (Lipinski definition) is 0. The maximum atomic E-state index is 13.4. The predicted octanol–water partition coefficient (Wildman–Crippen LogP) is 3.94. The molecule has 3 aromatic rings. The van der Waals surface area contributed by atoms with E-state index in [-0.39, 0.29) is 17.7 Å². The van der Waals surface area contributed by atoms with Crippen LogP contribution in [0.25, 0.3) is 11.1 Å². The summed E-state index contributed by atoms with van der Waals surface area (Å²) in [7, 11) is 0. The van der Waals surface area contributed by atoms with E-state index in [0.717, 1.165) is 29.7 Å². The van der Waals surface area contributed by atoms with Gasteiger partial charge in [0.15, 0.2) is 5.69 Å². The highest BCUT2D eigenvalue weighted by molar-refractivity contribution is 5.96. The molecule has 0 spiro atoms. The van der Waals surface area contributed by atoms with Gasteiger partial charge in [-0.3, -0.25) is 14.6 Å². The minimum atomic E-state index is -0.497. The normalized spacial score (nSPS) is 13.3. The Labute approximate surface area is 194 Å². The third kappa shape index (κ3) is 4.67. The first-order chi connectivity index (χ1) is 16.0. The maximum absolute atomic E-state index is 13.4. The number of ether oxygens (including phenoxy) is 1. The van der Waals surface area contributed by atoms with E-state index in [9.17, 15) is 9.59 Å². The zero-order chi connectivity index (χ0) is 23.4. The molecule has 0 aliphatic carbocycles. The summed E-state index contributed by atoms with van der Waals surface area (Å²) in [6, 6.07) is 13.9. The molecule has 0 fully saturated rings. The van der Waals surface area contributed by atoms with Crippen LogP contribution >= 0.6 is 0 Å². The lowest BCUT2D eigenvalue weighted by atomic mass is 10.0. The number of aromatic nitrogens is 3. The van der Waals surface area contributed by atoms with Gasteiger partial charge in [0, 0.05) is 37.3 Å². The Balaban J connectivity index is 1.80. The van der Waals surface area contributed by atoms with Crippen molar-refractivity contribution < 1.29 is 9.53 Å². The quantitative estimate of drug-likeness (QED) is 0.490. The van der Waals surface area contributed by atoms with Gasteiger partial charge >= 0.3 is 5.56 Å². The van der Waals surface area contributed by atoms with Gasteiger partial charge in [0.05, 0.1) is 12.3 Å². The second-order valence-corrected chi connectivity index (χ2v) is 8.50. The first kappa shape index (κ1) is 22.7. The van der Waals surface area contributed by atoms with Crippen molar-refractivity contribution >= 4 is 5.91 Å². The van der Waals surface area contributed by atoms with Crippen molar-refractivity contribution in [2.45, 2.75) is 52.6 Å². The van der Waals surface area contributed by atoms with Gasteiger partial charge in [0.2, 0.25) is 5.75 Å². The van der Waals surface area contributed by atoms with Crippen LogP contribution in [0.3, 0.4) is 0 Å². The molecule has 2 aromatic heterocycles. The van der Waals surface area contributed by atoms with Gasteiger partial charge in [-0.15, -0.1) is 0 Å². The number of unbranched alkanes of at least 4 members (excludes halogenated alkanes) is 1. The number of fused-ring (bicyclic) bond motifs is 1. The van der Waals surface area contributed by atoms with Crippen molar-refractivity contribution in [1.82, 2.24) is 19.4 Å². The van der Waals surface area contributed by atoms with Crippen molar-refractivity contribution in [3.63, 3.8) is 0 Å². The molecule has 0 bridgehead atoms. The van der Waals surface area contributed by atoms with Crippen LogP contribution in [-0.4, -0.2) is 44.5 Å². The zero-order valence-electron chi connectivity index (χ0n) is 19.5. The van der Waals surface area contributed by atoms with Gasteiger partial charge in [-0.05, 0) is 31.9 Å². The van der Waals surface area contributed by atoms with E-state index in [2.05, 4.69) is 16.9 Å². The van der Waals surface area contributed by atoms with Crippen molar-refractivity contribution in [3.8, 4) is 16.9 Å². The van der Waals surface area contributed by atoms with E-state index < -0.39 is 5.56 Å². The summed E-state index contributed by atoms with van der Waals surface area (Å²) < 4.78 is 7.67. The molecule has 1 aromatic carbocycles. The predicted molar refractivity (Wildman–Crippen MR) is 128 cm³/mol. The van der Waals surface area contributed by atoms with Crippen LogP contribution in [0.2, 0.25) is 0 Å². The largest absolute Gasteiger partial charge is 0.486 e. The summed E-state index contributed by atoms with van der Waals surface area (Å²) in [5, 5.41) is 0. The second-order valence-electron chi connectivity index (χ2n) is 8.50. The van der Waals surface area contributed by atoms with Crippen molar-refractivity contribution in [2.75, 3.05) is 13.2 Å². The fourth-order valence-corrected chi connectivity index (χ4v) is 4.17. The molecule has 7 nitrogen and oxygen atoms in total. The van der Waals surface area contributed by atoms with E-state index in [1.54, 1.807) is 11.1 Å². The summed E-state index contributed by atoms with van der Waals surface area (Å²) in [5.74, 6) is 0.408. The van der Waals surface area contributed by atoms with Crippen LogP contribution in [0.15, 0.2) is 53.5 Å². The molecule has 1 aliphatic heterocycles. The van der Waals surface area contributed by atoms with Crippen molar-refractivity contribution in [2.24, 2.45) is 0 Å². The first-order valence-corrected chi connectivity index (χ1v) is 11.6. The Morgan fingerprint density at radius 2 is 1.85 bits per heavy atom. The topological polar surface area (TPSA) is 77.3 Å². The Morgan fingerprint density at radius 1 is 1.06 bits per heavy atom. The van der Waals surface area contributed by atoms with E-state index in [0.29, 0.717) is 37.6 Å². The molecule has 1 amide bonds. The van der Waals surface area contributed by atoms with Crippen molar-refractivity contribution in [3.05, 3.63) is 76.2 Å². The molecule has 0 N–H and O–H groups in total. The molecule has 1 aliphatic rings. The van der Waals surface area contributed by atoms with E-state index in [1.807, 2.05) is 60.9 Å². The highest BCUT2D eigenvalue weighted by Crippen LogP contribution is 2.27. The molecule has 33 heavy (non-hydrogen) atoms.